The summed E-state index contributed by atoms with van der Waals surface area (Å²) in [6.45, 7) is 3.38. The van der Waals surface area contributed by atoms with Gasteiger partial charge in [-0.05, 0) is 68.0 Å². The first-order chi connectivity index (χ1) is 14.9. The van der Waals surface area contributed by atoms with Crippen LogP contribution in [0.15, 0.2) is 47.4 Å². The smallest absolute Gasteiger partial charge is 0.251 e. The lowest BCUT2D eigenvalue weighted by molar-refractivity contribution is 0.0953. The van der Waals surface area contributed by atoms with E-state index in [1.54, 1.807) is 30.5 Å². The van der Waals surface area contributed by atoms with Crippen LogP contribution < -0.4 is 10.1 Å². The molecule has 1 aliphatic heterocycles. The van der Waals surface area contributed by atoms with E-state index in [4.69, 9.17) is 4.74 Å². The fourth-order valence-corrected chi connectivity index (χ4v) is 5.63. The van der Waals surface area contributed by atoms with E-state index in [1.807, 2.05) is 24.3 Å². The van der Waals surface area contributed by atoms with Crippen LogP contribution in [0.2, 0.25) is 0 Å². The Balaban J connectivity index is 1.62. The molecule has 6 nitrogen and oxygen atoms in total. The zero-order valence-electron chi connectivity index (χ0n) is 18.4. The summed E-state index contributed by atoms with van der Waals surface area (Å²) in [7, 11) is -1.96. The molecule has 0 atom stereocenters. The Bertz CT molecular complexity index is 996. The summed E-state index contributed by atoms with van der Waals surface area (Å²) in [5, 5.41) is 2.91. The molecule has 1 heterocycles. The molecule has 0 saturated carbocycles. The van der Waals surface area contributed by atoms with Crippen molar-refractivity contribution >= 4 is 15.9 Å². The minimum Gasteiger partial charge on any atom is -0.497 e. The predicted molar refractivity (Wildman–Crippen MR) is 122 cm³/mol. The number of nitrogens with one attached hydrogen (secondary N) is 1. The van der Waals surface area contributed by atoms with Gasteiger partial charge in [-0.15, -0.1) is 0 Å². The molecular weight excluding hydrogens is 412 g/mol. The fourth-order valence-electron chi connectivity index (χ4n) is 3.86. The molecule has 0 spiro atoms. The van der Waals surface area contributed by atoms with Crippen molar-refractivity contribution in [1.82, 2.24) is 9.62 Å². The van der Waals surface area contributed by atoms with Gasteiger partial charge in [-0.2, -0.15) is 4.31 Å². The highest BCUT2D eigenvalue weighted by atomic mass is 32.2. The lowest BCUT2D eigenvalue weighted by Crippen LogP contribution is -2.32. The Morgan fingerprint density at radius 1 is 1.06 bits per heavy atom. The van der Waals surface area contributed by atoms with Crippen LogP contribution in [0.25, 0.3) is 0 Å². The van der Waals surface area contributed by atoms with E-state index in [9.17, 15) is 13.2 Å². The molecule has 2 aromatic rings. The van der Waals surface area contributed by atoms with E-state index >= 15 is 0 Å². The SMILES string of the molecule is COc1cccc(CCCNC(=O)c2ccc(C)c(S(=O)(=O)N3CCCCCC3)c2)c1. The number of ether oxygens (including phenoxy) is 1. The minimum atomic E-state index is -3.60. The van der Waals surface area contributed by atoms with Gasteiger partial charge in [-0.25, -0.2) is 8.42 Å². The van der Waals surface area contributed by atoms with Crippen LogP contribution >= 0.6 is 0 Å². The monoisotopic (exact) mass is 444 g/mol. The van der Waals surface area contributed by atoms with Gasteiger partial charge in [0.15, 0.2) is 0 Å². The highest BCUT2D eigenvalue weighted by molar-refractivity contribution is 7.89. The van der Waals surface area contributed by atoms with Crippen molar-refractivity contribution in [1.29, 1.82) is 0 Å². The Morgan fingerprint density at radius 2 is 1.81 bits per heavy atom. The molecule has 1 aliphatic rings. The molecule has 7 heteroatoms. The summed E-state index contributed by atoms with van der Waals surface area (Å²) in [4.78, 5) is 12.9. The van der Waals surface area contributed by atoms with Crippen molar-refractivity contribution in [2.45, 2.75) is 50.3 Å². The number of hydrogen-bond acceptors (Lipinski definition) is 4. The van der Waals surface area contributed by atoms with Gasteiger partial charge in [0.2, 0.25) is 10.0 Å². The molecule has 2 aromatic carbocycles. The largest absolute Gasteiger partial charge is 0.497 e. The standard InChI is InChI=1S/C24H32N2O4S/c1-19-12-13-21(18-23(19)31(28,29)26-15-5-3-4-6-16-26)24(27)25-14-8-10-20-9-7-11-22(17-20)30-2/h7,9,11-13,17-18H,3-6,8,10,14-16H2,1-2H3,(H,25,27). The maximum Gasteiger partial charge on any atom is 0.251 e. The van der Waals surface area contributed by atoms with Crippen LogP contribution in [0.5, 0.6) is 5.75 Å². The molecule has 1 amide bonds. The number of rotatable bonds is 8. The second-order valence-electron chi connectivity index (χ2n) is 8.01. The van der Waals surface area contributed by atoms with Crippen LogP contribution in [-0.4, -0.2) is 45.4 Å². The molecule has 168 valence electrons. The van der Waals surface area contributed by atoms with Gasteiger partial charge in [0.05, 0.1) is 12.0 Å². The Hall–Kier alpha value is -2.38. The molecule has 0 aromatic heterocycles. The number of carbonyl (C=O) groups excluding carboxylic acids is 1. The van der Waals surface area contributed by atoms with E-state index in [2.05, 4.69) is 5.32 Å². The number of amides is 1. The summed E-state index contributed by atoms with van der Waals surface area (Å²) in [5.41, 5.74) is 2.19. The molecule has 0 aliphatic carbocycles. The summed E-state index contributed by atoms with van der Waals surface area (Å²) in [6, 6.07) is 12.8. The second-order valence-corrected chi connectivity index (χ2v) is 9.92. The Kier molecular flexibility index (Phi) is 8.09. The molecule has 31 heavy (non-hydrogen) atoms. The molecule has 0 bridgehead atoms. The normalized spacial score (nSPS) is 15.3. The van der Waals surface area contributed by atoms with Crippen molar-refractivity contribution in [2.24, 2.45) is 0 Å². The van der Waals surface area contributed by atoms with E-state index in [1.165, 1.54) is 6.07 Å². The number of aryl methyl sites for hydroxylation is 2. The fraction of sp³-hybridized carbons (Fsp3) is 0.458. The van der Waals surface area contributed by atoms with Crippen molar-refractivity contribution in [2.75, 3.05) is 26.7 Å². The molecular formula is C24H32N2O4S. The van der Waals surface area contributed by atoms with E-state index in [-0.39, 0.29) is 10.8 Å². The second kappa shape index (κ2) is 10.8. The minimum absolute atomic E-state index is 0.235. The number of methoxy groups -OCH3 is 1. The number of nitrogens with zero attached hydrogens (tertiary/aromatic N) is 1. The number of hydrogen-bond donors (Lipinski definition) is 1. The number of sulfonamides is 1. The van der Waals surface area contributed by atoms with Crippen molar-refractivity contribution in [3.8, 4) is 5.75 Å². The molecule has 1 N–H and O–H groups in total. The zero-order valence-corrected chi connectivity index (χ0v) is 19.2. The van der Waals surface area contributed by atoms with Crippen LogP contribution in [0.3, 0.4) is 0 Å². The van der Waals surface area contributed by atoms with Crippen molar-refractivity contribution < 1.29 is 17.9 Å². The lowest BCUT2D eigenvalue weighted by atomic mass is 10.1. The molecule has 3 rings (SSSR count). The van der Waals surface area contributed by atoms with Gasteiger partial charge >= 0.3 is 0 Å². The average Bonchev–Trinajstić information content (AvgIpc) is 3.07. The van der Waals surface area contributed by atoms with Crippen LogP contribution in [0.4, 0.5) is 0 Å². The number of carbonyl (C=O) groups is 1. The summed E-state index contributed by atoms with van der Waals surface area (Å²) >= 11 is 0. The third-order valence-corrected chi connectivity index (χ3v) is 7.74. The third-order valence-electron chi connectivity index (χ3n) is 5.70. The highest BCUT2D eigenvalue weighted by Gasteiger charge is 2.27. The van der Waals surface area contributed by atoms with Gasteiger partial charge < -0.3 is 10.1 Å². The van der Waals surface area contributed by atoms with Gasteiger partial charge in [0, 0.05) is 25.2 Å². The first-order valence-corrected chi connectivity index (χ1v) is 12.4. The van der Waals surface area contributed by atoms with Gasteiger partial charge in [0.25, 0.3) is 5.91 Å². The summed E-state index contributed by atoms with van der Waals surface area (Å²) < 4.78 is 33.2. The summed E-state index contributed by atoms with van der Waals surface area (Å²) in [5.74, 6) is 0.567. The number of benzene rings is 2. The first kappa shape index (κ1) is 23.3. The Morgan fingerprint density at radius 3 is 2.52 bits per heavy atom. The summed E-state index contributed by atoms with van der Waals surface area (Å²) in [6.07, 6.45) is 5.48. The van der Waals surface area contributed by atoms with Crippen LogP contribution in [-0.2, 0) is 16.4 Å². The molecule has 1 fully saturated rings. The molecule has 0 unspecified atom stereocenters. The quantitative estimate of drug-likeness (QED) is 0.626. The lowest BCUT2D eigenvalue weighted by Gasteiger charge is -2.21. The Labute approximate surface area is 185 Å². The van der Waals surface area contributed by atoms with Crippen LogP contribution in [0, 0.1) is 6.92 Å². The molecule has 0 radical (unpaired) electrons. The average molecular weight is 445 g/mol. The van der Waals surface area contributed by atoms with Gasteiger partial charge in [0.1, 0.15) is 5.75 Å². The highest BCUT2D eigenvalue weighted by Crippen LogP contribution is 2.24. The first-order valence-electron chi connectivity index (χ1n) is 10.9. The van der Waals surface area contributed by atoms with Crippen LogP contribution in [0.1, 0.15) is 53.6 Å². The van der Waals surface area contributed by atoms with E-state index < -0.39 is 10.0 Å². The maximum atomic E-state index is 13.2. The van der Waals surface area contributed by atoms with Crippen molar-refractivity contribution in [3.05, 3.63) is 59.2 Å². The van der Waals surface area contributed by atoms with Crippen molar-refractivity contribution in [3.63, 3.8) is 0 Å². The van der Waals surface area contributed by atoms with E-state index in [0.717, 1.165) is 49.8 Å². The maximum absolute atomic E-state index is 13.2. The van der Waals surface area contributed by atoms with Gasteiger partial charge in [-0.1, -0.05) is 31.0 Å². The topological polar surface area (TPSA) is 75.7 Å². The molecule has 1 saturated heterocycles. The third kappa shape index (κ3) is 6.08. The zero-order chi connectivity index (χ0) is 22.3. The van der Waals surface area contributed by atoms with E-state index in [0.29, 0.717) is 30.8 Å². The predicted octanol–water partition coefficient (Wildman–Crippen LogP) is 3.93. The van der Waals surface area contributed by atoms with Gasteiger partial charge in [-0.3, -0.25) is 4.79 Å².